The molecule has 0 atom stereocenters. The van der Waals surface area contributed by atoms with Crippen molar-refractivity contribution in [2.45, 2.75) is 38.6 Å². The summed E-state index contributed by atoms with van der Waals surface area (Å²) in [7, 11) is 1.82. The van der Waals surface area contributed by atoms with Crippen LogP contribution in [0.2, 0.25) is 0 Å². The van der Waals surface area contributed by atoms with Gasteiger partial charge in [0.15, 0.2) is 5.96 Å². The van der Waals surface area contributed by atoms with Gasteiger partial charge in [-0.25, -0.2) is 0 Å². The molecule has 5 heteroatoms. The number of guanidine groups is 1. The Kier molecular flexibility index (Phi) is 8.18. The molecule has 1 aromatic carbocycles. The summed E-state index contributed by atoms with van der Waals surface area (Å²) in [5.41, 5.74) is 3.85. The molecule has 1 aromatic heterocycles. The molecule has 1 aliphatic carbocycles. The molecule has 0 spiro atoms. The van der Waals surface area contributed by atoms with Gasteiger partial charge in [-0.2, -0.15) is 0 Å². The van der Waals surface area contributed by atoms with Crippen LogP contribution in [0.3, 0.4) is 0 Å². The van der Waals surface area contributed by atoms with Crippen molar-refractivity contribution in [1.29, 1.82) is 0 Å². The van der Waals surface area contributed by atoms with E-state index in [1.165, 1.54) is 36.6 Å². The van der Waals surface area contributed by atoms with Crippen LogP contribution in [-0.2, 0) is 6.54 Å². The van der Waals surface area contributed by atoms with Gasteiger partial charge in [0.1, 0.15) is 0 Å². The van der Waals surface area contributed by atoms with E-state index in [4.69, 9.17) is 0 Å². The number of benzene rings is 1. The largest absolute Gasteiger partial charge is 0.356 e. The molecule has 0 unspecified atom stereocenters. The quantitative estimate of drug-likeness (QED) is 0.307. The van der Waals surface area contributed by atoms with E-state index in [-0.39, 0.29) is 24.0 Å². The van der Waals surface area contributed by atoms with Crippen LogP contribution in [0.1, 0.15) is 37.7 Å². The molecule has 0 aliphatic heterocycles. The van der Waals surface area contributed by atoms with Gasteiger partial charge in [0.05, 0.1) is 5.52 Å². The molecule has 1 heterocycles. The van der Waals surface area contributed by atoms with Crippen LogP contribution >= 0.6 is 24.0 Å². The maximum atomic E-state index is 4.41. The summed E-state index contributed by atoms with van der Waals surface area (Å²) in [6.07, 6.45) is 10.6. The molecule has 3 rings (SSSR count). The molecule has 0 bridgehead atoms. The normalized spacial score (nSPS) is 14.6. The summed E-state index contributed by atoms with van der Waals surface area (Å²) in [6.45, 7) is 1.67. The number of aliphatic imine (C=N–C) groups is 1. The SMILES string of the molecule is CN=C(NCCC1=CCCCC1)NCc1ccnc2ccccc12.I. The van der Waals surface area contributed by atoms with Crippen molar-refractivity contribution < 1.29 is 0 Å². The second kappa shape index (κ2) is 10.4. The highest BCUT2D eigenvalue weighted by atomic mass is 127. The number of nitrogens with one attached hydrogen (secondary N) is 2. The second-order valence-electron chi connectivity index (χ2n) is 6.20. The zero-order valence-electron chi connectivity index (χ0n) is 14.8. The Morgan fingerprint density at radius 1 is 1.16 bits per heavy atom. The van der Waals surface area contributed by atoms with Gasteiger partial charge in [-0.3, -0.25) is 9.98 Å². The average Bonchev–Trinajstić information content (AvgIpc) is 2.65. The standard InChI is InChI=1S/C20H26N4.HI/c1-21-20(23-13-11-16-7-3-2-4-8-16)24-15-17-12-14-22-19-10-6-5-9-18(17)19;/h5-7,9-10,12,14H,2-4,8,11,13,15H2,1H3,(H2,21,23,24);1H. The van der Waals surface area contributed by atoms with E-state index in [1.807, 2.05) is 25.4 Å². The number of pyridine rings is 1. The molecular formula is C20H27IN4. The lowest BCUT2D eigenvalue weighted by Crippen LogP contribution is -2.37. The van der Waals surface area contributed by atoms with Gasteiger partial charge in [-0.1, -0.05) is 29.8 Å². The Morgan fingerprint density at radius 2 is 2.04 bits per heavy atom. The van der Waals surface area contributed by atoms with Crippen LogP contribution in [0.4, 0.5) is 0 Å². The molecule has 0 amide bonds. The molecule has 0 radical (unpaired) electrons. The van der Waals surface area contributed by atoms with Gasteiger partial charge >= 0.3 is 0 Å². The molecule has 0 saturated heterocycles. The van der Waals surface area contributed by atoms with Crippen molar-refractivity contribution in [2.24, 2.45) is 4.99 Å². The minimum atomic E-state index is 0. The fourth-order valence-electron chi connectivity index (χ4n) is 3.18. The van der Waals surface area contributed by atoms with Crippen molar-refractivity contribution >= 4 is 40.8 Å². The molecule has 25 heavy (non-hydrogen) atoms. The lowest BCUT2D eigenvalue weighted by atomic mass is 9.97. The maximum Gasteiger partial charge on any atom is 0.191 e. The predicted molar refractivity (Wildman–Crippen MR) is 117 cm³/mol. The molecule has 1 aliphatic rings. The van der Waals surface area contributed by atoms with Crippen molar-refractivity contribution in [2.75, 3.05) is 13.6 Å². The van der Waals surface area contributed by atoms with Crippen LogP contribution in [0.25, 0.3) is 10.9 Å². The maximum absolute atomic E-state index is 4.41. The first kappa shape index (κ1) is 19.7. The average molecular weight is 450 g/mol. The number of para-hydroxylation sites is 1. The Bertz CT molecular complexity index is 734. The highest BCUT2D eigenvalue weighted by Gasteiger charge is 2.05. The van der Waals surface area contributed by atoms with E-state index in [9.17, 15) is 0 Å². The number of nitrogens with zero attached hydrogens (tertiary/aromatic N) is 2. The lowest BCUT2D eigenvalue weighted by molar-refractivity contribution is 0.665. The van der Waals surface area contributed by atoms with Crippen LogP contribution in [0.5, 0.6) is 0 Å². The fourth-order valence-corrected chi connectivity index (χ4v) is 3.18. The zero-order valence-corrected chi connectivity index (χ0v) is 17.1. The Hall–Kier alpha value is -1.63. The summed E-state index contributed by atoms with van der Waals surface area (Å²) in [4.78, 5) is 8.74. The van der Waals surface area contributed by atoms with Gasteiger partial charge in [0.25, 0.3) is 0 Å². The first-order valence-corrected chi connectivity index (χ1v) is 8.82. The molecule has 134 valence electrons. The highest BCUT2D eigenvalue weighted by Crippen LogP contribution is 2.19. The summed E-state index contributed by atoms with van der Waals surface area (Å²) in [5.74, 6) is 0.854. The fraction of sp³-hybridized carbons (Fsp3) is 0.400. The Labute approximate surface area is 167 Å². The van der Waals surface area contributed by atoms with Gasteiger partial charge < -0.3 is 10.6 Å². The van der Waals surface area contributed by atoms with E-state index >= 15 is 0 Å². The van der Waals surface area contributed by atoms with E-state index in [0.717, 1.165) is 31.0 Å². The summed E-state index contributed by atoms with van der Waals surface area (Å²) in [6, 6.07) is 10.3. The predicted octanol–water partition coefficient (Wildman–Crippen LogP) is 4.41. The van der Waals surface area contributed by atoms with Crippen LogP contribution in [0.15, 0.2) is 53.2 Å². The first-order chi connectivity index (χ1) is 11.9. The minimum Gasteiger partial charge on any atom is -0.356 e. The smallest absolute Gasteiger partial charge is 0.191 e. The molecule has 0 saturated carbocycles. The number of aromatic nitrogens is 1. The van der Waals surface area contributed by atoms with Crippen molar-refractivity contribution in [1.82, 2.24) is 15.6 Å². The molecule has 2 aromatic rings. The number of allylic oxidation sites excluding steroid dienone is 1. The summed E-state index contributed by atoms with van der Waals surface area (Å²) < 4.78 is 0. The first-order valence-electron chi connectivity index (χ1n) is 8.82. The van der Waals surface area contributed by atoms with Crippen LogP contribution in [0, 0.1) is 0 Å². The molecule has 2 N–H and O–H groups in total. The third kappa shape index (κ3) is 5.70. The molecule has 4 nitrogen and oxygen atoms in total. The van der Waals surface area contributed by atoms with E-state index in [0.29, 0.717) is 0 Å². The zero-order chi connectivity index (χ0) is 16.6. The van der Waals surface area contributed by atoms with Crippen LogP contribution in [-0.4, -0.2) is 24.5 Å². The second-order valence-corrected chi connectivity index (χ2v) is 6.20. The number of rotatable bonds is 5. The van der Waals surface area contributed by atoms with Gasteiger partial charge in [-0.15, -0.1) is 24.0 Å². The minimum absolute atomic E-state index is 0. The Morgan fingerprint density at radius 3 is 2.84 bits per heavy atom. The van der Waals surface area contributed by atoms with Gasteiger partial charge in [0, 0.05) is 31.7 Å². The lowest BCUT2D eigenvalue weighted by Gasteiger charge is -2.15. The topological polar surface area (TPSA) is 49.3 Å². The number of hydrogen-bond donors (Lipinski definition) is 2. The van der Waals surface area contributed by atoms with Crippen molar-refractivity contribution in [3.05, 3.63) is 53.7 Å². The van der Waals surface area contributed by atoms with Gasteiger partial charge in [0.2, 0.25) is 0 Å². The van der Waals surface area contributed by atoms with Gasteiger partial charge in [-0.05, 0) is 49.8 Å². The summed E-state index contributed by atoms with van der Waals surface area (Å²) in [5, 5.41) is 8.01. The summed E-state index contributed by atoms with van der Waals surface area (Å²) >= 11 is 0. The number of halogens is 1. The van der Waals surface area contributed by atoms with E-state index in [1.54, 1.807) is 5.57 Å². The monoisotopic (exact) mass is 450 g/mol. The molecule has 0 fully saturated rings. The van der Waals surface area contributed by atoms with Crippen molar-refractivity contribution in [3.8, 4) is 0 Å². The van der Waals surface area contributed by atoms with Crippen LogP contribution < -0.4 is 10.6 Å². The van der Waals surface area contributed by atoms with E-state index < -0.39 is 0 Å². The number of hydrogen-bond acceptors (Lipinski definition) is 2. The number of fused-ring (bicyclic) bond motifs is 1. The molecular weight excluding hydrogens is 423 g/mol. The third-order valence-electron chi connectivity index (χ3n) is 4.53. The third-order valence-corrected chi connectivity index (χ3v) is 4.53. The van der Waals surface area contributed by atoms with E-state index in [2.05, 4.69) is 44.9 Å². The van der Waals surface area contributed by atoms with Crippen molar-refractivity contribution in [3.63, 3.8) is 0 Å². The Balaban J connectivity index is 0.00000225. The highest BCUT2D eigenvalue weighted by molar-refractivity contribution is 14.0.